The molecule has 1 aliphatic heterocycles. The second-order valence-electron chi connectivity index (χ2n) is 8.77. The molecule has 2 aliphatic rings. The second-order valence-corrected chi connectivity index (χ2v) is 8.77. The van der Waals surface area contributed by atoms with E-state index in [1.54, 1.807) is 30.3 Å². The van der Waals surface area contributed by atoms with Crippen LogP contribution in [0.2, 0.25) is 0 Å². The van der Waals surface area contributed by atoms with E-state index in [4.69, 9.17) is 14.2 Å². The number of Topliss-reactive ketones (excluding diaryl/α,β-unsaturated/α-hetero) is 1. The quantitative estimate of drug-likeness (QED) is 0.488. The van der Waals surface area contributed by atoms with Gasteiger partial charge in [0.1, 0.15) is 11.8 Å². The summed E-state index contributed by atoms with van der Waals surface area (Å²) in [5.41, 5.74) is 2.38. The fraction of sp³-hybridized carbons (Fsp3) is 0.346. The zero-order chi connectivity index (χ0) is 26.3. The predicted octanol–water partition coefficient (Wildman–Crippen LogP) is 5.13. The van der Waals surface area contributed by atoms with Crippen LogP contribution in [0.4, 0.5) is 19.1 Å². The lowest BCUT2D eigenvalue weighted by atomic mass is 9.78. The normalized spacial score (nSPS) is 19.1. The molecular weight excluding hydrogens is 489 g/mol. The van der Waals surface area contributed by atoms with Crippen molar-refractivity contribution < 1.29 is 32.2 Å². The lowest BCUT2D eigenvalue weighted by Gasteiger charge is -2.35. The summed E-state index contributed by atoms with van der Waals surface area (Å²) in [5.74, 6) is -0.00984. The Bertz CT molecular complexity index is 1370. The van der Waals surface area contributed by atoms with Gasteiger partial charge in [0.2, 0.25) is 5.95 Å². The summed E-state index contributed by atoms with van der Waals surface area (Å²) in [6.45, 7) is 2.33. The van der Waals surface area contributed by atoms with Gasteiger partial charge in [0.05, 0.1) is 20.8 Å². The number of hydrogen-bond donors (Lipinski definition) is 1. The second kappa shape index (κ2) is 9.45. The molecule has 1 aromatic heterocycles. The standard InChI is InChI=1S/C26H25F3N4O4/c1-4-37-17-8-5-14(6-9-17)23-22-18(30-25-31-24(26(27,28)29)32-33(23)25)11-16(12-19(22)34)15-7-10-20(35-2)21(13-15)36-3/h5-10,13,16,23H,4,11-12H2,1-3H3,(H,30,31,32)/t16-,23-/m1/s1. The number of nitrogens with one attached hydrogen (secondary N) is 1. The van der Waals surface area contributed by atoms with E-state index in [1.165, 1.54) is 14.2 Å². The van der Waals surface area contributed by atoms with Crippen molar-refractivity contribution in [3.05, 3.63) is 70.7 Å². The number of methoxy groups -OCH3 is 2. The van der Waals surface area contributed by atoms with Gasteiger partial charge in [0, 0.05) is 17.7 Å². The maximum absolute atomic E-state index is 13.6. The Kier molecular flexibility index (Phi) is 6.30. The van der Waals surface area contributed by atoms with E-state index in [0.29, 0.717) is 47.1 Å². The number of ether oxygens (including phenoxy) is 3. The average molecular weight is 515 g/mol. The number of carbonyl (C=O) groups excluding carboxylic acids is 1. The number of nitrogens with zero attached hydrogens (tertiary/aromatic N) is 3. The third-order valence-electron chi connectivity index (χ3n) is 6.56. The molecule has 2 heterocycles. The van der Waals surface area contributed by atoms with Crippen molar-refractivity contribution in [2.75, 3.05) is 26.1 Å². The highest BCUT2D eigenvalue weighted by Crippen LogP contribution is 2.46. The minimum absolute atomic E-state index is 0.0641. The van der Waals surface area contributed by atoms with Gasteiger partial charge in [-0.3, -0.25) is 4.79 Å². The Hall–Kier alpha value is -4.02. The molecule has 194 valence electrons. The van der Waals surface area contributed by atoms with E-state index in [-0.39, 0.29) is 24.1 Å². The van der Waals surface area contributed by atoms with Crippen LogP contribution in [0.25, 0.3) is 0 Å². The average Bonchev–Trinajstić information content (AvgIpc) is 3.32. The number of carbonyl (C=O) groups is 1. The lowest BCUT2D eigenvalue weighted by Crippen LogP contribution is -2.33. The number of aromatic nitrogens is 3. The number of fused-ring (bicyclic) bond motifs is 1. The summed E-state index contributed by atoms with van der Waals surface area (Å²) in [7, 11) is 3.07. The summed E-state index contributed by atoms with van der Waals surface area (Å²) in [6.07, 6.45) is -4.15. The monoisotopic (exact) mass is 514 g/mol. The minimum atomic E-state index is -4.73. The van der Waals surface area contributed by atoms with Crippen LogP contribution in [0.3, 0.4) is 0 Å². The molecule has 0 saturated heterocycles. The lowest BCUT2D eigenvalue weighted by molar-refractivity contribution is -0.145. The fourth-order valence-electron chi connectivity index (χ4n) is 4.90. The first-order valence-electron chi connectivity index (χ1n) is 11.7. The van der Waals surface area contributed by atoms with E-state index in [2.05, 4.69) is 15.4 Å². The third-order valence-corrected chi connectivity index (χ3v) is 6.56. The van der Waals surface area contributed by atoms with Gasteiger partial charge in [-0.15, -0.1) is 5.10 Å². The number of ketones is 1. The zero-order valence-electron chi connectivity index (χ0n) is 20.4. The number of allylic oxidation sites excluding steroid dienone is 2. The van der Waals surface area contributed by atoms with Gasteiger partial charge in [0.25, 0.3) is 5.82 Å². The smallest absolute Gasteiger partial charge is 0.453 e. The van der Waals surface area contributed by atoms with E-state index in [0.717, 1.165) is 10.2 Å². The van der Waals surface area contributed by atoms with Crippen molar-refractivity contribution in [1.29, 1.82) is 0 Å². The number of hydrogen-bond acceptors (Lipinski definition) is 7. The van der Waals surface area contributed by atoms with Gasteiger partial charge in [-0.1, -0.05) is 18.2 Å². The SMILES string of the molecule is CCOc1ccc([C@@H]2C3=C(C[C@@H](c4ccc(OC)c(OC)c4)CC3=O)Nc3nc(C(F)(F)F)nn32)cc1. The van der Waals surface area contributed by atoms with Crippen molar-refractivity contribution in [2.24, 2.45) is 0 Å². The maximum Gasteiger partial charge on any atom is 0.453 e. The largest absolute Gasteiger partial charge is 0.494 e. The summed E-state index contributed by atoms with van der Waals surface area (Å²) >= 11 is 0. The van der Waals surface area contributed by atoms with Gasteiger partial charge < -0.3 is 19.5 Å². The molecule has 8 nitrogen and oxygen atoms in total. The van der Waals surface area contributed by atoms with E-state index in [9.17, 15) is 18.0 Å². The molecule has 0 unspecified atom stereocenters. The summed E-state index contributed by atoms with van der Waals surface area (Å²) in [5, 5.41) is 6.72. The first kappa shape index (κ1) is 24.7. The van der Waals surface area contributed by atoms with Crippen LogP contribution in [0.15, 0.2) is 53.7 Å². The van der Waals surface area contributed by atoms with Gasteiger partial charge >= 0.3 is 6.18 Å². The maximum atomic E-state index is 13.6. The Morgan fingerprint density at radius 2 is 1.73 bits per heavy atom. The molecule has 11 heteroatoms. The van der Waals surface area contributed by atoms with Crippen LogP contribution in [-0.2, 0) is 11.0 Å². The molecule has 0 spiro atoms. The van der Waals surface area contributed by atoms with E-state index >= 15 is 0 Å². The van der Waals surface area contributed by atoms with Gasteiger partial charge in [0.15, 0.2) is 17.3 Å². The highest BCUT2D eigenvalue weighted by atomic mass is 19.4. The van der Waals surface area contributed by atoms with Gasteiger partial charge in [-0.05, 0) is 54.7 Å². The summed E-state index contributed by atoms with van der Waals surface area (Å²) < 4.78 is 57.9. The third kappa shape index (κ3) is 4.49. The Labute approximate surface area is 211 Å². The van der Waals surface area contributed by atoms with Crippen LogP contribution in [0.5, 0.6) is 17.2 Å². The van der Waals surface area contributed by atoms with Crippen molar-refractivity contribution in [2.45, 2.75) is 37.9 Å². The number of anilines is 1. The fourth-order valence-corrected chi connectivity index (χ4v) is 4.90. The summed E-state index contributed by atoms with van der Waals surface area (Å²) in [4.78, 5) is 17.3. The molecule has 2 atom stereocenters. The topological polar surface area (TPSA) is 87.5 Å². The van der Waals surface area contributed by atoms with Crippen molar-refractivity contribution >= 4 is 11.7 Å². The first-order valence-corrected chi connectivity index (χ1v) is 11.7. The molecule has 37 heavy (non-hydrogen) atoms. The molecule has 5 rings (SSSR count). The highest BCUT2D eigenvalue weighted by Gasteiger charge is 2.43. The molecule has 0 amide bonds. The Balaban J connectivity index is 1.57. The molecule has 1 N–H and O–H groups in total. The first-order chi connectivity index (χ1) is 17.7. The number of halogens is 3. The molecule has 0 fully saturated rings. The van der Waals surface area contributed by atoms with Gasteiger partial charge in [-0.25, -0.2) is 4.68 Å². The number of rotatable bonds is 6. The minimum Gasteiger partial charge on any atom is -0.494 e. The highest BCUT2D eigenvalue weighted by molar-refractivity contribution is 6.00. The zero-order valence-corrected chi connectivity index (χ0v) is 20.4. The van der Waals surface area contributed by atoms with E-state index in [1.807, 2.05) is 19.1 Å². The summed E-state index contributed by atoms with van der Waals surface area (Å²) in [6, 6.07) is 11.5. The van der Waals surface area contributed by atoms with Crippen molar-refractivity contribution in [3.8, 4) is 17.2 Å². The van der Waals surface area contributed by atoms with Gasteiger partial charge in [-0.2, -0.15) is 18.2 Å². The Morgan fingerprint density at radius 3 is 2.38 bits per heavy atom. The van der Waals surface area contributed by atoms with E-state index < -0.39 is 18.0 Å². The van der Waals surface area contributed by atoms with Crippen molar-refractivity contribution in [1.82, 2.24) is 14.8 Å². The molecule has 0 bridgehead atoms. The number of alkyl halides is 3. The number of benzene rings is 2. The van der Waals surface area contributed by atoms with Crippen LogP contribution in [0.1, 0.15) is 48.7 Å². The predicted molar refractivity (Wildman–Crippen MR) is 128 cm³/mol. The molecule has 0 saturated carbocycles. The molecule has 1 aliphatic carbocycles. The molecular formula is C26H25F3N4O4. The van der Waals surface area contributed by atoms with Crippen LogP contribution < -0.4 is 19.5 Å². The van der Waals surface area contributed by atoms with Crippen LogP contribution in [-0.4, -0.2) is 41.4 Å². The van der Waals surface area contributed by atoms with Crippen LogP contribution >= 0.6 is 0 Å². The Morgan fingerprint density at radius 1 is 1.03 bits per heavy atom. The van der Waals surface area contributed by atoms with Crippen LogP contribution in [0, 0.1) is 0 Å². The molecule has 0 radical (unpaired) electrons. The molecule has 2 aromatic carbocycles. The molecule has 3 aromatic rings. The van der Waals surface area contributed by atoms with Crippen molar-refractivity contribution in [3.63, 3.8) is 0 Å².